The Balaban J connectivity index is 1.77. The van der Waals surface area contributed by atoms with Crippen LogP contribution in [0.5, 0.6) is 5.75 Å². The predicted molar refractivity (Wildman–Crippen MR) is 97.2 cm³/mol. The summed E-state index contributed by atoms with van der Waals surface area (Å²) in [6.45, 7) is 5.37. The van der Waals surface area contributed by atoms with E-state index in [9.17, 15) is 4.79 Å². The lowest BCUT2D eigenvalue weighted by Crippen LogP contribution is -2.40. The quantitative estimate of drug-likeness (QED) is 0.917. The van der Waals surface area contributed by atoms with Gasteiger partial charge in [0.15, 0.2) is 0 Å². The molecule has 0 bridgehead atoms. The summed E-state index contributed by atoms with van der Waals surface area (Å²) in [7, 11) is 1.74. The highest BCUT2D eigenvalue weighted by Crippen LogP contribution is 2.30. The van der Waals surface area contributed by atoms with Crippen molar-refractivity contribution >= 4 is 16.7 Å². The third-order valence-electron chi connectivity index (χ3n) is 4.84. The molecule has 0 spiro atoms. The van der Waals surface area contributed by atoms with Gasteiger partial charge in [0.2, 0.25) is 5.91 Å². The van der Waals surface area contributed by atoms with Gasteiger partial charge in [0.05, 0.1) is 7.11 Å². The zero-order valence-corrected chi connectivity index (χ0v) is 14.5. The van der Waals surface area contributed by atoms with Gasteiger partial charge < -0.3 is 10.1 Å². The van der Waals surface area contributed by atoms with Gasteiger partial charge >= 0.3 is 0 Å². The fourth-order valence-corrected chi connectivity index (χ4v) is 3.64. The van der Waals surface area contributed by atoms with E-state index in [1.54, 1.807) is 14.0 Å². The predicted octanol–water partition coefficient (Wildman–Crippen LogP) is 3.20. The molecule has 1 heterocycles. The number of hydrogen-bond acceptors (Lipinski definition) is 3. The van der Waals surface area contributed by atoms with Crippen LogP contribution in [0, 0.1) is 5.92 Å². The second-order valence-corrected chi connectivity index (χ2v) is 6.65. The minimum Gasteiger partial charge on any atom is -0.496 e. The average molecular weight is 326 g/mol. The lowest BCUT2D eigenvalue weighted by molar-refractivity contribution is -0.119. The van der Waals surface area contributed by atoms with Gasteiger partial charge in [-0.25, -0.2) is 0 Å². The third-order valence-corrected chi connectivity index (χ3v) is 4.84. The summed E-state index contributed by atoms with van der Waals surface area (Å²) >= 11 is 0. The number of nitrogens with one attached hydrogen (secondary N) is 1. The Hall–Kier alpha value is -2.07. The van der Waals surface area contributed by atoms with Gasteiger partial charge in [0, 0.05) is 32.1 Å². The molecular weight excluding hydrogens is 300 g/mol. The molecule has 3 rings (SSSR count). The summed E-state index contributed by atoms with van der Waals surface area (Å²) in [5, 5.41) is 5.48. The van der Waals surface area contributed by atoms with E-state index in [2.05, 4.69) is 46.6 Å². The van der Waals surface area contributed by atoms with Crippen molar-refractivity contribution in [2.45, 2.75) is 26.3 Å². The number of rotatable bonds is 5. The first kappa shape index (κ1) is 16.8. The number of nitrogens with zero attached hydrogens (tertiary/aromatic N) is 1. The van der Waals surface area contributed by atoms with Crippen LogP contribution in [0.2, 0.25) is 0 Å². The molecule has 0 radical (unpaired) electrons. The van der Waals surface area contributed by atoms with E-state index in [1.165, 1.54) is 29.2 Å². The summed E-state index contributed by atoms with van der Waals surface area (Å²) in [6, 6.07) is 12.7. The molecule has 2 aromatic carbocycles. The van der Waals surface area contributed by atoms with E-state index < -0.39 is 0 Å². The van der Waals surface area contributed by atoms with Crippen molar-refractivity contribution < 1.29 is 9.53 Å². The molecule has 1 fully saturated rings. The van der Waals surface area contributed by atoms with Crippen LogP contribution in [0.3, 0.4) is 0 Å². The summed E-state index contributed by atoms with van der Waals surface area (Å²) in [6.07, 6.45) is 2.36. The largest absolute Gasteiger partial charge is 0.496 e. The van der Waals surface area contributed by atoms with E-state index in [0.717, 1.165) is 31.9 Å². The molecule has 1 aliphatic heterocycles. The van der Waals surface area contributed by atoms with Crippen LogP contribution in [0.4, 0.5) is 0 Å². The Morgan fingerprint density at radius 3 is 2.92 bits per heavy atom. The lowest BCUT2D eigenvalue weighted by Gasteiger charge is -2.33. The number of carbonyl (C=O) groups is 1. The van der Waals surface area contributed by atoms with Crippen molar-refractivity contribution in [2.24, 2.45) is 5.92 Å². The Kier molecular flexibility index (Phi) is 5.36. The molecule has 1 atom stereocenters. The molecule has 0 unspecified atom stereocenters. The Morgan fingerprint density at radius 1 is 1.29 bits per heavy atom. The van der Waals surface area contributed by atoms with Gasteiger partial charge in [-0.15, -0.1) is 0 Å². The highest BCUT2D eigenvalue weighted by Gasteiger charge is 2.21. The first-order valence-corrected chi connectivity index (χ1v) is 8.69. The first-order valence-electron chi connectivity index (χ1n) is 8.69. The molecule has 2 aromatic rings. The fourth-order valence-electron chi connectivity index (χ4n) is 3.64. The number of ether oxygens (including phenoxy) is 1. The Labute approximate surface area is 143 Å². The van der Waals surface area contributed by atoms with E-state index in [0.29, 0.717) is 5.92 Å². The SMILES string of the molecule is COc1ccc2ccccc2c1CN1CCC[C@@H](CNC(C)=O)C1. The van der Waals surface area contributed by atoms with Crippen molar-refractivity contribution in [3.05, 3.63) is 42.0 Å². The number of fused-ring (bicyclic) bond motifs is 1. The van der Waals surface area contributed by atoms with Crippen LogP contribution < -0.4 is 10.1 Å². The van der Waals surface area contributed by atoms with Gasteiger partial charge in [0.1, 0.15) is 5.75 Å². The molecule has 1 N–H and O–H groups in total. The number of carbonyl (C=O) groups excluding carboxylic acids is 1. The second-order valence-electron chi connectivity index (χ2n) is 6.65. The topological polar surface area (TPSA) is 41.6 Å². The van der Waals surface area contributed by atoms with E-state index >= 15 is 0 Å². The van der Waals surface area contributed by atoms with Gasteiger partial charge in [-0.3, -0.25) is 9.69 Å². The van der Waals surface area contributed by atoms with Crippen molar-refractivity contribution in [1.82, 2.24) is 10.2 Å². The molecular formula is C20H26N2O2. The maximum atomic E-state index is 11.1. The van der Waals surface area contributed by atoms with Crippen LogP contribution in [0.1, 0.15) is 25.3 Å². The van der Waals surface area contributed by atoms with Crippen LogP contribution in [0.15, 0.2) is 36.4 Å². The molecule has 1 amide bonds. The van der Waals surface area contributed by atoms with Crippen molar-refractivity contribution in [1.29, 1.82) is 0 Å². The number of amides is 1. The van der Waals surface area contributed by atoms with Crippen LogP contribution in [-0.2, 0) is 11.3 Å². The van der Waals surface area contributed by atoms with E-state index in [1.807, 2.05) is 0 Å². The molecule has 0 aliphatic carbocycles. The normalized spacial score (nSPS) is 18.5. The Bertz CT molecular complexity index is 714. The molecule has 4 heteroatoms. The molecule has 0 saturated carbocycles. The fraction of sp³-hybridized carbons (Fsp3) is 0.450. The molecule has 1 saturated heterocycles. The molecule has 128 valence electrons. The van der Waals surface area contributed by atoms with Gasteiger partial charge in [-0.2, -0.15) is 0 Å². The van der Waals surface area contributed by atoms with Gasteiger partial charge in [-0.1, -0.05) is 30.3 Å². The van der Waals surface area contributed by atoms with Crippen LogP contribution >= 0.6 is 0 Å². The van der Waals surface area contributed by atoms with Crippen molar-refractivity contribution in [3.8, 4) is 5.75 Å². The number of hydrogen-bond donors (Lipinski definition) is 1. The Morgan fingerprint density at radius 2 is 2.12 bits per heavy atom. The highest BCUT2D eigenvalue weighted by atomic mass is 16.5. The summed E-state index contributed by atoms with van der Waals surface area (Å²) in [4.78, 5) is 13.6. The summed E-state index contributed by atoms with van der Waals surface area (Å²) in [5.41, 5.74) is 1.26. The first-order chi connectivity index (χ1) is 11.7. The minimum absolute atomic E-state index is 0.0582. The zero-order chi connectivity index (χ0) is 16.9. The van der Waals surface area contributed by atoms with Gasteiger partial charge in [-0.05, 0) is 42.1 Å². The lowest BCUT2D eigenvalue weighted by atomic mass is 9.96. The van der Waals surface area contributed by atoms with Gasteiger partial charge in [0.25, 0.3) is 0 Å². The summed E-state index contributed by atoms with van der Waals surface area (Å²) in [5.74, 6) is 1.55. The maximum Gasteiger partial charge on any atom is 0.216 e. The maximum absolute atomic E-state index is 11.1. The molecule has 0 aromatic heterocycles. The molecule has 1 aliphatic rings. The highest BCUT2D eigenvalue weighted by molar-refractivity contribution is 5.87. The number of piperidine rings is 1. The number of benzene rings is 2. The molecule has 24 heavy (non-hydrogen) atoms. The van der Waals surface area contributed by atoms with Crippen molar-refractivity contribution in [3.63, 3.8) is 0 Å². The average Bonchev–Trinajstić information content (AvgIpc) is 2.60. The van der Waals surface area contributed by atoms with Crippen LogP contribution in [0.25, 0.3) is 10.8 Å². The smallest absolute Gasteiger partial charge is 0.216 e. The van der Waals surface area contributed by atoms with E-state index in [-0.39, 0.29) is 5.91 Å². The third kappa shape index (κ3) is 3.88. The van der Waals surface area contributed by atoms with Crippen LogP contribution in [-0.4, -0.2) is 37.6 Å². The minimum atomic E-state index is 0.0582. The monoisotopic (exact) mass is 326 g/mol. The zero-order valence-electron chi connectivity index (χ0n) is 14.5. The van der Waals surface area contributed by atoms with E-state index in [4.69, 9.17) is 4.74 Å². The summed E-state index contributed by atoms with van der Waals surface area (Å²) < 4.78 is 5.62. The number of likely N-dealkylation sites (tertiary alicyclic amines) is 1. The standard InChI is InChI=1S/C20H26N2O2/c1-15(23)21-12-16-6-5-11-22(13-16)14-19-18-8-4-3-7-17(18)9-10-20(19)24-2/h3-4,7-10,16H,5-6,11-14H2,1-2H3,(H,21,23)/t16-/m0/s1. The number of methoxy groups -OCH3 is 1. The van der Waals surface area contributed by atoms with Crippen molar-refractivity contribution in [2.75, 3.05) is 26.7 Å². The molecule has 4 nitrogen and oxygen atoms in total. The second kappa shape index (κ2) is 7.67.